The molecule has 1 aromatic heterocycles. The number of aromatic nitrogens is 2. The monoisotopic (exact) mass is 194 g/mol. The third kappa shape index (κ3) is 1.91. The number of aliphatic hydroxyl groups is 1. The first kappa shape index (κ1) is 9.55. The van der Waals surface area contributed by atoms with Crippen LogP contribution in [0.2, 0.25) is 0 Å². The maximum Gasteiger partial charge on any atom is 0.157 e. The van der Waals surface area contributed by atoms with Gasteiger partial charge in [0.1, 0.15) is 6.10 Å². The fraction of sp³-hybridized carbons (Fsp3) is 0.600. The molecule has 0 saturated carbocycles. The molecule has 76 valence electrons. The summed E-state index contributed by atoms with van der Waals surface area (Å²) in [5.41, 5.74) is 0.651. The summed E-state index contributed by atoms with van der Waals surface area (Å²) in [5.74, 6) is 0.695. The van der Waals surface area contributed by atoms with Crippen molar-refractivity contribution < 1.29 is 9.84 Å². The minimum atomic E-state index is -0.0439. The summed E-state index contributed by atoms with van der Waals surface area (Å²) in [6, 6.07) is 1.71. The van der Waals surface area contributed by atoms with Crippen LogP contribution in [-0.2, 0) is 11.3 Å². The van der Waals surface area contributed by atoms with Gasteiger partial charge in [0.2, 0.25) is 0 Å². The Balaban J connectivity index is 2.15. The van der Waals surface area contributed by atoms with E-state index in [2.05, 4.69) is 16.9 Å². The largest absolute Gasteiger partial charge is 0.390 e. The Morgan fingerprint density at radius 2 is 2.43 bits per heavy atom. The molecule has 2 rings (SSSR count). The zero-order chi connectivity index (χ0) is 9.97. The average molecular weight is 194 g/mol. The van der Waals surface area contributed by atoms with Crippen LogP contribution in [0.4, 0.5) is 0 Å². The molecule has 0 aliphatic carbocycles. The summed E-state index contributed by atoms with van der Waals surface area (Å²) in [6.45, 7) is 2.01. The van der Waals surface area contributed by atoms with Crippen molar-refractivity contribution >= 4 is 0 Å². The van der Waals surface area contributed by atoms with E-state index in [1.54, 1.807) is 12.3 Å². The van der Waals surface area contributed by atoms with Gasteiger partial charge in [0.25, 0.3) is 0 Å². The van der Waals surface area contributed by atoms with Gasteiger partial charge in [-0.2, -0.15) is 0 Å². The summed E-state index contributed by atoms with van der Waals surface area (Å²) < 4.78 is 5.64. The molecule has 1 aromatic rings. The van der Waals surface area contributed by atoms with Crippen LogP contribution in [0.1, 0.15) is 37.4 Å². The van der Waals surface area contributed by atoms with Gasteiger partial charge >= 0.3 is 0 Å². The lowest BCUT2D eigenvalue weighted by Gasteiger charge is -2.09. The highest BCUT2D eigenvalue weighted by molar-refractivity contribution is 5.04. The first-order chi connectivity index (χ1) is 6.79. The topological polar surface area (TPSA) is 55.2 Å². The van der Waals surface area contributed by atoms with E-state index in [-0.39, 0.29) is 12.7 Å². The number of nitrogens with zero attached hydrogens (tertiary/aromatic N) is 2. The molecule has 0 radical (unpaired) electrons. The molecule has 1 N–H and O–H groups in total. The van der Waals surface area contributed by atoms with E-state index >= 15 is 0 Å². The second-order valence-corrected chi connectivity index (χ2v) is 3.58. The van der Waals surface area contributed by atoms with Crippen LogP contribution < -0.4 is 0 Å². The van der Waals surface area contributed by atoms with Crippen molar-refractivity contribution in [2.45, 2.75) is 38.6 Å². The molecule has 0 aromatic carbocycles. The first-order valence-corrected chi connectivity index (χ1v) is 4.87. The Bertz CT molecular complexity index is 317. The predicted molar refractivity (Wildman–Crippen MR) is 50.5 cm³/mol. The van der Waals surface area contributed by atoms with Crippen LogP contribution in [0.25, 0.3) is 0 Å². The van der Waals surface area contributed by atoms with E-state index in [4.69, 9.17) is 9.84 Å². The highest BCUT2D eigenvalue weighted by Crippen LogP contribution is 2.30. The third-order valence-electron chi connectivity index (χ3n) is 2.41. The highest BCUT2D eigenvalue weighted by Gasteiger charge is 2.25. The minimum absolute atomic E-state index is 0.0106. The lowest BCUT2D eigenvalue weighted by Crippen LogP contribution is -2.06. The second kappa shape index (κ2) is 4.02. The molecule has 1 fully saturated rings. The number of hydrogen-bond donors (Lipinski definition) is 1. The Hall–Kier alpha value is -1.00. The SMILES string of the molecule is C[C@H]1CC[C@H](c2nccc(CO)n2)O1. The van der Waals surface area contributed by atoms with Gasteiger partial charge in [0.15, 0.2) is 5.82 Å². The summed E-state index contributed by atoms with van der Waals surface area (Å²) in [5, 5.41) is 8.93. The van der Waals surface area contributed by atoms with Gasteiger partial charge in [-0.1, -0.05) is 0 Å². The summed E-state index contributed by atoms with van der Waals surface area (Å²) in [6.07, 6.45) is 3.99. The molecule has 0 unspecified atom stereocenters. The molecular formula is C10H14N2O2. The van der Waals surface area contributed by atoms with Gasteiger partial charge in [-0.05, 0) is 25.8 Å². The quantitative estimate of drug-likeness (QED) is 0.768. The van der Waals surface area contributed by atoms with Gasteiger partial charge in [0.05, 0.1) is 18.4 Å². The molecule has 1 aliphatic rings. The molecule has 0 amide bonds. The van der Waals surface area contributed by atoms with Crippen LogP contribution in [0.3, 0.4) is 0 Å². The molecule has 1 aliphatic heterocycles. The Labute approximate surface area is 83.0 Å². The fourth-order valence-corrected chi connectivity index (χ4v) is 1.65. The molecule has 14 heavy (non-hydrogen) atoms. The van der Waals surface area contributed by atoms with E-state index in [1.807, 2.05) is 0 Å². The van der Waals surface area contributed by atoms with Crippen LogP contribution >= 0.6 is 0 Å². The van der Waals surface area contributed by atoms with E-state index in [1.165, 1.54) is 0 Å². The predicted octanol–water partition coefficient (Wildman–Crippen LogP) is 1.21. The number of ether oxygens (including phenoxy) is 1. The molecule has 2 atom stereocenters. The van der Waals surface area contributed by atoms with Crippen molar-refractivity contribution in [1.82, 2.24) is 9.97 Å². The van der Waals surface area contributed by atoms with Crippen molar-refractivity contribution in [3.63, 3.8) is 0 Å². The molecule has 1 saturated heterocycles. The Kier molecular flexibility index (Phi) is 2.74. The van der Waals surface area contributed by atoms with Gasteiger partial charge in [-0.25, -0.2) is 9.97 Å². The van der Waals surface area contributed by atoms with Crippen LogP contribution in [0.15, 0.2) is 12.3 Å². The average Bonchev–Trinajstić information content (AvgIpc) is 2.65. The fourth-order valence-electron chi connectivity index (χ4n) is 1.65. The van der Waals surface area contributed by atoms with Crippen molar-refractivity contribution in [3.05, 3.63) is 23.8 Å². The number of rotatable bonds is 2. The summed E-state index contributed by atoms with van der Waals surface area (Å²) >= 11 is 0. The third-order valence-corrected chi connectivity index (χ3v) is 2.41. The molecule has 4 nitrogen and oxygen atoms in total. The zero-order valence-corrected chi connectivity index (χ0v) is 8.18. The smallest absolute Gasteiger partial charge is 0.157 e. The summed E-state index contributed by atoms with van der Waals surface area (Å²) in [7, 11) is 0. The van der Waals surface area contributed by atoms with Crippen molar-refractivity contribution in [1.29, 1.82) is 0 Å². The highest BCUT2D eigenvalue weighted by atomic mass is 16.5. The summed E-state index contributed by atoms with van der Waals surface area (Å²) in [4.78, 5) is 8.38. The molecule has 0 spiro atoms. The van der Waals surface area contributed by atoms with Crippen molar-refractivity contribution in [2.75, 3.05) is 0 Å². The van der Waals surface area contributed by atoms with E-state index < -0.39 is 0 Å². The van der Waals surface area contributed by atoms with Crippen LogP contribution in [0, 0.1) is 0 Å². The lowest BCUT2D eigenvalue weighted by molar-refractivity contribution is 0.0500. The van der Waals surface area contributed by atoms with Gasteiger partial charge < -0.3 is 9.84 Å². The van der Waals surface area contributed by atoms with Crippen molar-refractivity contribution in [3.8, 4) is 0 Å². The molecule has 2 heterocycles. The van der Waals surface area contributed by atoms with E-state index in [0.717, 1.165) is 12.8 Å². The number of aliphatic hydroxyl groups excluding tert-OH is 1. The lowest BCUT2D eigenvalue weighted by atomic mass is 10.2. The normalized spacial score (nSPS) is 26.7. The first-order valence-electron chi connectivity index (χ1n) is 4.87. The van der Waals surface area contributed by atoms with Gasteiger partial charge in [-0.15, -0.1) is 0 Å². The maximum atomic E-state index is 8.93. The second-order valence-electron chi connectivity index (χ2n) is 3.58. The standard InChI is InChI=1S/C10H14N2O2/c1-7-2-3-9(14-7)10-11-5-4-8(6-13)12-10/h4-5,7,9,13H,2-3,6H2,1H3/t7-,9+/m0/s1. The van der Waals surface area contributed by atoms with Crippen molar-refractivity contribution in [2.24, 2.45) is 0 Å². The van der Waals surface area contributed by atoms with Crippen LogP contribution in [0.5, 0.6) is 0 Å². The van der Waals surface area contributed by atoms with E-state index in [0.29, 0.717) is 17.6 Å². The molecule has 4 heteroatoms. The van der Waals surface area contributed by atoms with Gasteiger partial charge in [-0.3, -0.25) is 0 Å². The zero-order valence-electron chi connectivity index (χ0n) is 8.18. The Morgan fingerprint density at radius 3 is 3.07 bits per heavy atom. The minimum Gasteiger partial charge on any atom is -0.390 e. The van der Waals surface area contributed by atoms with E-state index in [9.17, 15) is 0 Å². The maximum absolute atomic E-state index is 8.93. The number of hydrogen-bond acceptors (Lipinski definition) is 4. The van der Waals surface area contributed by atoms with Crippen LogP contribution in [-0.4, -0.2) is 21.2 Å². The molecule has 0 bridgehead atoms. The van der Waals surface area contributed by atoms with Gasteiger partial charge in [0, 0.05) is 6.20 Å². The Morgan fingerprint density at radius 1 is 1.57 bits per heavy atom. The molecular weight excluding hydrogens is 180 g/mol.